The number of hydrogen-bond donors (Lipinski definition) is 4. The number of ether oxygens (including phenoxy) is 1. The number of aromatic nitrogens is 3. The summed E-state index contributed by atoms with van der Waals surface area (Å²) in [6, 6.07) is 7.24. The van der Waals surface area contributed by atoms with E-state index in [-0.39, 0.29) is 37.2 Å². The zero-order chi connectivity index (χ0) is 24.9. The number of rotatable bonds is 8. The number of aromatic amines is 1. The number of anilines is 3. The number of morpholine rings is 1. The molecule has 0 aliphatic carbocycles. The molecule has 2 amide bonds. The number of H-pyrrole nitrogens is 1. The van der Waals surface area contributed by atoms with E-state index in [2.05, 4.69) is 25.6 Å². The fraction of sp³-hybridized carbons (Fsp3) is 0.417. The molecule has 186 valence electrons. The van der Waals surface area contributed by atoms with Crippen molar-refractivity contribution < 1.29 is 19.4 Å². The number of fused-ring (bicyclic) bond motifs is 1. The van der Waals surface area contributed by atoms with Gasteiger partial charge in [0.2, 0.25) is 11.9 Å². The zero-order valence-electron chi connectivity index (χ0n) is 20.2. The SMILES string of the molecule is Cc1[nH]c2ccc(NC(=O)c3cc(NCC(=O)N(C)CCO)nc(N4CCOCC4)n3)cc2c1C. The Kier molecular flexibility index (Phi) is 7.47. The number of likely N-dealkylation sites (N-methyl/N-ethyl adjacent to an activating group) is 1. The van der Waals surface area contributed by atoms with Crippen LogP contribution in [0, 0.1) is 13.8 Å². The molecule has 0 radical (unpaired) electrons. The van der Waals surface area contributed by atoms with Gasteiger partial charge in [-0.05, 0) is 37.6 Å². The van der Waals surface area contributed by atoms with Gasteiger partial charge in [0.05, 0.1) is 26.4 Å². The van der Waals surface area contributed by atoms with Crippen LogP contribution < -0.4 is 15.5 Å². The van der Waals surface area contributed by atoms with Crippen LogP contribution in [-0.2, 0) is 9.53 Å². The second kappa shape index (κ2) is 10.7. The Labute approximate surface area is 203 Å². The van der Waals surface area contributed by atoms with Gasteiger partial charge in [-0.25, -0.2) is 4.98 Å². The summed E-state index contributed by atoms with van der Waals surface area (Å²) < 4.78 is 5.42. The Hall–Kier alpha value is -3.70. The summed E-state index contributed by atoms with van der Waals surface area (Å²) in [7, 11) is 1.61. The molecule has 11 heteroatoms. The summed E-state index contributed by atoms with van der Waals surface area (Å²) in [4.78, 5) is 41.2. The molecule has 3 heterocycles. The second-order valence-corrected chi connectivity index (χ2v) is 8.52. The van der Waals surface area contributed by atoms with E-state index in [1.807, 2.05) is 36.9 Å². The minimum atomic E-state index is -0.377. The number of carbonyl (C=O) groups is 2. The van der Waals surface area contributed by atoms with Crippen molar-refractivity contribution in [1.29, 1.82) is 0 Å². The second-order valence-electron chi connectivity index (χ2n) is 8.52. The number of amides is 2. The van der Waals surface area contributed by atoms with Crippen LogP contribution in [0.5, 0.6) is 0 Å². The van der Waals surface area contributed by atoms with Gasteiger partial charge in [0, 0.05) is 55.0 Å². The van der Waals surface area contributed by atoms with Crippen molar-refractivity contribution in [2.24, 2.45) is 0 Å². The fourth-order valence-electron chi connectivity index (χ4n) is 3.86. The number of aliphatic hydroxyl groups is 1. The van der Waals surface area contributed by atoms with Crippen molar-refractivity contribution >= 4 is 40.2 Å². The van der Waals surface area contributed by atoms with Gasteiger partial charge < -0.3 is 35.3 Å². The molecule has 1 aliphatic rings. The molecule has 1 saturated heterocycles. The lowest BCUT2D eigenvalue weighted by atomic mass is 10.1. The smallest absolute Gasteiger partial charge is 0.274 e. The lowest BCUT2D eigenvalue weighted by Gasteiger charge is -2.27. The highest BCUT2D eigenvalue weighted by molar-refractivity contribution is 6.04. The first-order chi connectivity index (χ1) is 16.9. The van der Waals surface area contributed by atoms with Crippen LogP contribution >= 0.6 is 0 Å². The number of carbonyl (C=O) groups excluding carboxylic acids is 2. The minimum Gasteiger partial charge on any atom is -0.395 e. The Morgan fingerprint density at radius 1 is 1.20 bits per heavy atom. The Morgan fingerprint density at radius 2 is 1.97 bits per heavy atom. The van der Waals surface area contributed by atoms with Crippen molar-refractivity contribution in [3.63, 3.8) is 0 Å². The van der Waals surface area contributed by atoms with Gasteiger partial charge in [0.1, 0.15) is 11.5 Å². The largest absolute Gasteiger partial charge is 0.395 e. The third-order valence-corrected chi connectivity index (χ3v) is 6.09. The average molecular weight is 482 g/mol. The van der Waals surface area contributed by atoms with Crippen LogP contribution in [-0.4, -0.2) is 89.8 Å². The molecule has 3 aromatic rings. The van der Waals surface area contributed by atoms with Crippen LogP contribution in [0.1, 0.15) is 21.7 Å². The molecule has 4 N–H and O–H groups in total. The number of nitrogens with zero attached hydrogens (tertiary/aromatic N) is 4. The van der Waals surface area contributed by atoms with Crippen molar-refractivity contribution in [2.75, 3.05) is 68.6 Å². The summed E-state index contributed by atoms with van der Waals surface area (Å²) in [6.45, 7) is 6.44. The molecule has 1 fully saturated rings. The van der Waals surface area contributed by atoms with Gasteiger partial charge in [-0.1, -0.05) is 0 Å². The van der Waals surface area contributed by atoms with Crippen LogP contribution in [0.3, 0.4) is 0 Å². The molecular formula is C24H31N7O4. The maximum atomic E-state index is 13.2. The van der Waals surface area contributed by atoms with Gasteiger partial charge in [-0.15, -0.1) is 0 Å². The molecule has 4 rings (SSSR count). The number of aryl methyl sites for hydroxylation is 2. The molecule has 1 aliphatic heterocycles. The van der Waals surface area contributed by atoms with Gasteiger partial charge in [0.25, 0.3) is 5.91 Å². The van der Waals surface area contributed by atoms with Crippen molar-refractivity contribution in [3.8, 4) is 0 Å². The lowest BCUT2D eigenvalue weighted by Crippen LogP contribution is -2.38. The molecule has 0 bridgehead atoms. The maximum Gasteiger partial charge on any atom is 0.274 e. The summed E-state index contributed by atoms with van der Waals surface area (Å²) >= 11 is 0. The van der Waals surface area contributed by atoms with E-state index in [4.69, 9.17) is 9.84 Å². The first-order valence-corrected chi connectivity index (χ1v) is 11.6. The van der Waals surface area contributed by atoms with Crippen molar-refractivity contribution in [1.82, 2.24) is 19.9 Å². The first-order valence-electron chi connectivity index (χ1n) is 11.6. The fourth-order valence-corrected chi connectivity index (χ4v) is 3.86. The van der Waals surface area contributed by atoms with Gasteiger partial charge >= 0.3 is 0 Å². The van der Waals surface area contributed by atoms with E-state index in [9.17, 15) is 9.59 Å². The van der Waals surface area contributed by atoms with Gasteiger partial charge in [-0.3, -0.25) is 9.59 Å². The van der Waals surface area contributed by atoms with Gasteiger partial charge in [0.15, 0.2) is 0 Å². The molecule has 11 nitrogen and oxygen atoms in total. The zero-order valence-corrected chi connectivity index (χ0v) is 20.2. The number of nitrogens with one attached hydrogen (secondary N) is 3. The van der Waals surface area contributed by atoms with Crippen LogP contribution in [0.15, 0.2) is 24.3 Å². The normalized spacial score (nSPS) is 13.7. The summed E-state index contributed by atoms with van der Waals surface area (Å²) in [6.07, 6.45) is 0. The topological polar surface area (TPSA) is 136 Å². The number of aliphatic hydroxyl groups excluding tert-OH is 1. The standard InChI is InChI=1S/C24H31N7O4/c1-15-16(2)26-19-5-4-17(12-18(15)19)27-23(34)20-13-21(25-14-22(33)30(3)6-9-32)29-24(28-20)31-7-10-35-11-8-31/h4-5,12-13,26,32H,6-11,14H2,1-3H3,(H,27,34)(H,25,28,29). The average Bonchev–Trinajstić information content (AvgIpc) is 3.15. The predicted molar refractivity (Wildman–Crippen MR) is 134 cm³/mol. The molecular weight excluding hydrogens is 450 g/mol. The third kappa shape index (κ3) is 5.69. The molecule has 0 unspecified atom stereocenters. The highest BCUT2D eigenvalue weighted by Crippen LogP contribution is 2.25. The summed E-state index contributed by atoms with van der Waals surface area (Å²) in [5.41, 5.74) is 4.07. The van der Waals surface area contributed by atoms with Crippen LogP contribution in [0.2, 0.25) is 0 Å². The Balaban J connectivity index is 1.57. The monoisotopic (exact) mass is 481 g/mol. The summed E-state index contributed by atoms with van der Waals surface area (Å²) in [5.74, 6) is 0.178. The van der Waals surface area contributed by atoms with E-state index in [1.165, 1.54) is 11.0 Å². The van der Waals surface area contributed by atoms with Gasteiger partial charge in [-0.2, -0.15) is 4.98 Å². The van der Waals surface area contributed by atoms with E-state index in [0.717, 1.165) is 22.2 Å². The van der Waals surface area contributed by atoms with E-state index < -0.39 is 0 Å². The maximum absolute atomic E-state index is 13.2. The predicted octanol–water partition coefficient (Wildman–Crippen LogP) is 1.53. The first kappa shape index (κ1) is 24.4. The number of hydrogen-bond acceptors (Lipinski definition) is 8. The van der Waals surface area contributed by atoms with Crippen LogP contribution in [0.4, 0.5) is 17.5 Å². The molecule has 0 spiro atoms. The lowest BCUT2D eigenvalue weighted by molar-refractivity contribution is -0.128. The number of benzene rings is 1. The highest BCUT2D eigenvalue weighted by Gasteiger charge is 2.19. The Morgan fingerprint density at radius 3 is 2.71 bits per heavy atom. The molecule has 0 atom stereocenters. The minimum absolute atomic E-state index is 0.0279. The van der Waals surface area contributed by atoms with Crippen molar-refractivity contribution in [2.45, 2.75) is 13.8 Å². The Bertz CT molecular complexity index is 1220. The van der Waals surface area contributed by atoms with Crippen molar-refractivity contribution in [3.05, 3.63) is 41.2 Å². The van der Waals surface area contributed by atoms with E-state index in [0.29, 0.717) is 43.8 Å². The molecule has 1 aromatic carbocycles. The molecule has 2 aromatic heterocycles. The summed E-state index contributed by atoms with van der Waals surface area (Å²) in [5, 5.41) is 16.0. The highest BCUT2D eigenvalue weighted by atomic mass is 16.5. The van der Waals surface area contributed by atoms with E-state index in [1.54, 1.807) is 7.05 Å². The van der Waals surface area contributed by atoms with Crippen LogP contribution in [0.25, 0.3) is 10.9 Å². The molecule has 35 heavy (non-hydrogen) atoms. The van der Waals surface area contributed by atoms with E-state index >= 15 is 0 Å². The molecule has 0 saturated carbocycles. The third-order valence-electron chi connectivity index (χ3n) is 6.09. The quantitative estimate of drug-likeness (QED) is 0.380.